The SMILES string of the molecule is Cc1cc(C(C)(C)C)cc(C)c1C1(C)NC(=O)NC1=O. The molecule has 20 heavy (non-hydrogen) atoms. The zero-order chi connectivity index (χ0) is 15.3. The van der Waals surface area contributed by atoms with E-state index in [1.165, 1.54) is 5.56 Å². The van der Waals surface area contributed by atoms with Crippen LogP contribution in [0.5, 0.6) is 0 Å². The molecule has 1 saturated heterocycles. The lowest BCUT2D eigenvalue weighted by molar-refractivity contribution is -0.123. The van der Waals surface area contributed by atoms with Gasteiger partial charge in [-0.3, -0.25) is 10.1 Å². The molecular formula is C16H22N2O2. The predicted octanol–water partition coefficient (Wildman–Crippen LogP) is 2.66. The lowest BCUT2D eigenvalue weighted by atomic mass is 9.79. The van der Waals surface area contributed by atoms with Gasteiger partial charge in [-0.2, -0.15) is 0 Å². The van der Waals surface area contributed by atoms with Crippen molar-refractivity contribution in [2.75, 3.05) is 0 Å². The molecule has 2 N–H and O–H groups in total. The van der Waals surface area contributed by atoms with Crippen molar-refractivity contribution in [2.24, 2.45) is 0 Å². The molecule has 108 valence electrons. The van der Waals surface area contributed by atoms with Crippen LogP contribution in [0.2, 0.25) is 0 Å². The maximum atomic E-state index is 12.1. The van der Waals surface area contributed by atoms with Crippen LogP contribution in [0.1, 0.15) is 49.9 Å². The number of imide groups is 1. The van der Waals surface area contributed by atoms with Gasteiger partial charge >= 0.3 is 6.03 Å². The highest BCUT2D eigenvalue weighted by Crippen LogP contribution is 2.34. The average Bonchev–Trinajstić information content (AvgIpc) is 2.50. The Morgan fingerprint density at radius 2 is 1.55 bits per heavy atom. The van der Waals surface area contributed by atoms with Gasteiger partial charge in [0.05, 0.1) is 0 Å². The molecule has 1 unspecified atom stereocenters. The van der Waals surface area contributed by atoms with Gasteiger partial charge < -0.3 is 5.32 Å². The minimum atomic E-state index is -0.984. The van der Waals surface area contributed by atoms with Crippen LogP contribution in [0.15, 0.2) is 12.1 Å². The second kappa shape index (κ2) is 4.33. The Balaban J connectivity index is 2.60. The molecule has 0 aliphatic carbocycles. The smallest absolute Gasteiger partial charge is 0.320 e. The van der Waals surface area contributed by atoms with Gasteiger partial charge in [-0.1, -0.05) is 32.9 Å². The first kappa shape index (κ1) is 14.6. The molecule has 2 rings (SSSR count). The first-order chi connectivity index (χ1) is 9.05. The predicted molar refractivity (Wildman–Crippen MR) is 78.6 cm³/mol. The summed E-state index contributed by atoms with van der Waals surface area (Å²) in [7, 11) is 0. The van der Waals surface area contributed by atoms with Crippen molar-refractivity contribution in [1.29, 1.82) is 0 Å². The quantitative estimate of drug-likeness (QED) is 0.773. The number of amides is 3. The molecule has 0 radical (unpaired) electrons. The van der Waals surface area contributed by atoms with Gasteiger partial charge in [-0.25, -0.2) is 4.79 Å². The standard InChI is InChI=1S/C16H22N2O2/c1-9-7-11(15(3,4)5)8-10(2)12(9)16(6)13(19)17-14(20)18-16/h7-8H,1-6H3,(H2,17,18,19,20). The summed E-state index contributed by atoms with van der Waals surface area (Å²) in [6.07, 6.45) is 0. The highest BCUT2D eigenvalue weighted by molar-refractivity contribution is 6.07. The van der Waals surface area contributed by atoms with E-state index >= 15 is 0 Å². The van der Waals surface area contributed by atoms with Crippen LogP contribution in [0.25, 0.3) is 0 Å². The van der Waals surface area contributed by atoms with Crippen LogP contribution in [-0.4, -0.2) is 11.9 Å². The van der Waals surface area contributed by atoms with Crippen molar-refractivity contribution in [3.05, 3.63) is 34.4 Å². The Bertz CT molecular complexity index is 576. The molecule has 1 aromatic carbocycles. The number of aryl methyl sites for hydroxylation is 2. The Morgan fingerprint density at radius 3 is 1.90 bits per heavy atom. The largest absolute Gasteiger partial charge is 0.322 e. The third kappa shape index (κ3) is 2.19. The van der Waals surface area contributed by atoms with E-state index in [1.807, 2.05) is 13.8 Å². The van der Waals surface area contributed by atoms with E-state index in [9.17, 15) is 9.59 Å². The van der Waals surface area contributed by atoms with Gasteiger partial charge in [-0.05, 0) is 48.4 Å². The molecule has 1 atom stereocenters. The maximum absolute atomic E-state index is 12.1. The second-order valence-corrected chi connectivity index (χ2v) is 6.77. The van der Waals surface area contributed by atoms with Gasteiger partial charge in [0.2, 0.25) is 0 Å². The van der Waals surface area contributed by atoms with Crippen molar-refractivity contribution in [1.82, 2.24) is 10.6 Å². The van der Waals surface area contributed by atoms with Crippen LogP contribution in [0.4, 0.5) is 4.79 Å². The minimum Gasteiger partial charge on any atom is -0.320 e. The first-order valence-corrected chi connectivity index (χ1v) is 6.81. The van der Waals surface area contributed by atoms with Crippen LogP contribution in [0.3, 0.4) is 0 Å². The fourth-order valence-electron chi connectivity index (χ4n) is 2.90. The Morgan fingerprint density at radius 1 is 1.05 bits per heavy atom. The van der Waals surface area contributed by atoms with Gasteiger partial charge in [0, 0.05) is 0 Å². The van der Waals surface area contributed by atoms with Gasteiger partial charge in [0.15, 0.2) is 0 Å². The molecule has 4 heteroatoms. The average molecular weight is 274 g/mol. The number of urea groups is 1. The van der Waals surface area contributed by atoms with Crippen molar-refractivity contribution in [2.45, 2.75) is 52.5 Å². The van der Waals surface area contributed by atoms with Crippen molar-refractivity contribution in [3.63, 3.8) is 0 Å². The lowest BCUT2D eigenvalue weighted by Crippen LogP contribution is -2.42. The minimum absolute atomic E-state index is 0.0517. The number of carbonyl (C=O) groups is 2. The summed E-state index contributed by atoms with van der Waals surface area (Å²) < 4.78 is 0. The molecule has 1 aliphatic rings. The van der Waals surface area contributed by atoms with E-state index in [1.54, 1.807) is 6.92 Å². The normalized spacial score (nSPS) is 22.7. The zero-order valence-electron chi connectivity index (χ0n) is 13.0. The number of hydrogen-bond donors (Lipinski definition) is 2. The number of rotatable bonds is 1. The lowest BCUT2D eigenvalue weighted by Gasteiger charge is -2.28. The third-order valence-electron chi connectivity index (χ3n) is 3.94. The first-order valence-electron chi connectivity index (χ1n) is 6.81. The summed E-state index contributed by atoms with van der Waals surface area (Å²) in [6.45, 7) is 12.2. The zero-order valence-corrected chi connectivity index (χ0v) is 13.0. The Hall–Kier alpha value is -1.84. The fraction of sp³-hybridized carbons (Fsp3) is 0.500. The monoisotopic (exact) mass is 274 g/mol. The van der Waals surface area contributed by atoms with Crippen molar-refractivity contribution >= 4 is 11.9 Å². The molecule has 0 bridgehead atoms. The van der Waals surface area contributed by atoms with Crippen LogP contribution < -0.4 is 10.6 Å². The summed E-state index contributed by atoms with van der Waals surface area (Å²) >= 11 is 0. The van der Waals surface area contributed by atoms with E-state index in [0.29, 0.717) is 0 Å². The van der Waals surface area contributed by atoms with Crippen molar-refractivity contribution in [3.8, 4) is 0 Å². The van der Waals surface area contributed by atoms with Crippen molar-refractivity contribution < 1.29 is 9.59 Å². The molecule has 0 spiro atoms. The maximum Gasteiger partial charge on any atom is 0.322 e. The summed E-state index contributed by atoms with van der Waals surface area (Å²) in [5, 5.41) is 5.05. The number of benzene rings is 1. The molecule has 1 aromatic rings. The molecular weight excluding hydrogens is 252 g/mol. The summed E-state index contributed by atoms with van der Waals surface area (Å²) in [5.41, 5.74) is 3.22. The molecule has 4 nitrogen and oxygen atoms in total. The fourth-order valence-corrected chi connectivity index (χ4v) is 2.90. The number of hydrogen-bond acceptors (Lipinski definition) is 2. The van der Waals surface area contributed by atoms with Gasteiger partial charge in [-0.15, -0.1) is 0 Å². The summed E-state index contributed by atoms with van der Waals surface area (Å²) in [4.78, 5) is 23.5. The highest BCUT2D eigenvalue weighted by Gasteiger charge is 2.45. The van der Waals surface area contributed by atoms with Crippen LogP contribution in [0, 0.1) is 13.8 Å². The Kier molecular flexibility index (Phi) is 3.16. The highest BCUT2D eigenvalue weighted by atomic mass is 16.2. The number of nitrogens with one attached hydrogen (secondary N) is 2. The van der Waals surface area contributed by atoms with Crippen LogP contribution in [-0.2, 0) is 15.7 Å². The van der Waals surface area contributed by atoms with Crippen LogP contribution >= 0.6 is 0 Å². The molecule has 3 amide bonds. The summed E-state index contributed by atoms with van der Waals surface area (Å²) in [6, 6.07) is 3.77. The van der Waals surface area contributed by atoms with Gasteiger partial charge in [0.25, 0.3) is 5.91 Å². The van der Waals surface area contributed by atoms with Gasteiger partial charge in [0.1, 0.15) is 5.54 Å². The molecule has 1 aliphatic heterocycles. The molecule has 1 heterocycles. The van der Waals surface area contributed by atoms with E-state index in [2.05, 4.69) is 43.5 Å². The van der Waals surface area contributed by atoms with E-state index in [4.69, 9.17) is 0 Å². The summed E-state index contributed by atoms with van der Waals surface area (Å²) in [5.74, 6) is -0.294. The number of carbonyl (C=O) groups excluding carboxylic acids is 2. The third-order valence-corrected chi connectivity index (χ3v) is 3.94. The van der Waals surface area contributed by atoms with E-state index < -0.39 is 11.6 Å². The second-order valence-electron chi connectivity index (χ2n) is 6.77. The van der Waals surface area contributed by atoms with E-state index in [0.717, 1.165) is 16.7 Å². The topological polar surface area (TPSA) is 58.2 Å². The molecule has 1 fully saturated rings. The van der Waals surface area contributed by atoms with E-state index in [-0.39, 0.29) is 11.3 Å². The Labute approximate surface area is 119 Å². The molecule has 0 saturated carbocycles. The molecule has 0 aromatic heterocycles.